The highest BCUT2D eigenvalue weighted by Gasteiger charge is 2.23. The number of nitrogens with two attached hydrogens (primary N) is 2. The van der Waals surface area contributed by atoms with E-state index in [0.717, 1.165) is 54.9 Å². The molecule has 5 N–H and O–H groups in total. The van der Waals surface area contributed by atoms with Gasteiger partial charge in [0.05, 0.1) is 0 Å². The lowest BCUT2D eigenvalue weighted by molar-refractivity contribution is -0.123. The van der Waals surface area contributed by atoms with E-state index in [4.69, 9.17) is 11.5 Å². The molecule has 0 aromatic heterocycles. The molecule has 1 fully saturated rings. The second-order valence-corrected chi connectivity index (χ2v) is 7.53. The maximum absolute atomic E-state index is 12.5. The summed E-state index contributed by atoms with van der Waals surface area (Å²) in [5.41, 5.74) is 15.3. The quantitative estimate of drug-likeness (QED) is 0.625. The van der Waals surface area contributed by atoms with Crippen LogP contribution in [-0.4, -0.2) is 29.8 Å². The number of rotatable bonds is 6. The minimum atomic E-state index is -0.711. The molecule has 2 amide bonds. The van der Waals surface area contributed by atoms with Crippen molar-refractivity contribution in [2.75, 3.05) is 18.4 Å². The lowest BCUT2D eigenvalue weighted by atomic mass is 9.96. The molecule has 30 heavy (non-hydrogen) atoms. The first-order valence-corrected chi connectivity index (χ1v) is 9.66. The van der Waals surface area contributed by atoms with Gasteiger partial charge in [-0.3, -0.25) is 14.5 Å². The smallest absolute Gasteiger partial charge is 0.245 e. The molecule has 1 aliphatic rings. The molecule has 164 valence electrons. The standard InChI is InChI=1S/C22H28N4O2.2ClH/c1-15-5-7-17(8-6-15)20(23)22(28)25-19-4-2-3-16(13-19)14-26-11-9-18(10-12-26)21(24)27;;/h2-8,13,18,20H,9-12,14,23H2,1H3,(H2,24,27)(H,25,28);2*1H. The van der Waals surface area contributed by atoms with Crippen LogP contribution in [0.15, 0.2) is 48.5 Å². The first-order valence-electron chi connectivity index (χ1n) is 9.66. The van der Waals surface area contributed by atoms with Gasteiger partial charge in [0.25, 0.3) is 0 Å². The predicted molar refractivity (Wildman–Crippen MR) is 125 cm³/mol. The third kappa shape index (κ3) is 6.99. The highest BCUT2D eigenvalue weighted by atomic mass is 35.5. The van der Waals surface area contributed by atoms with Crippen molar-refractivity contribution in [2.45, 2.75) is 32.4 Å². The van der Waals surface area contributed by atoms with Crippen LogP contribution in [0.2, 0.25) is 0 Å². The van der Waals surface area contributed by atoms with Gasteiger partial charge in [0, 0.05) is 18.2 Å². The van der Waals surface area contributed by atoms with Gasteiger partial charge in [0.2, 0.25) is 11.8 Å². The van der Waals surface area contributed by atoms with Crippen molar-refractivity contribution >= 4 is 42.3 Å². The van der Waals surface area contributed by atoms with Crippen LogP contribution in [0, 0.1) is 12.8 Å². The molecular formula is C22H30Cl2N4O2. The number of carbonyl (C=O) groups is 2. The van der Waals surface area contributed by atoms with E-state index < -0.39 is 6.04 Å². The molecule has 1 atom stereocenters. The Kier molecular flexibility index (Phi) is 10.3. The number of nitrogens with one attached hydrogen (secondary N) is 1. The van der Waals surface area contributed by atoms with E-state index in [9.17, 15) is 9.59 Å². The second-order valence-electron chi connectivity index (χ2n) is 7.53. The second kappa shape index (κ2) is 11.9. The number of likely N-dealkylation sites (tertiary alicyclic amines) is 1. The van der Waals surface area contributed by atoms with Crippen LogP contribution in [0.5, 0.6) is 0 Å². The third-order valence-corrected chi connectivity index (χ3v) is 5.31. The number of aryl methyl sites for hydroxylation is 1. The molecule has 0 saturated carbocycles. The number of hydrogen-bond donors (Lipinski definition) is 3. The Balaban J connectivity index is 0.00000225. The molecule has 0 bridgehead atoms. The zero-order valence-electron chi connectivity index (χ0n) is 17.0. The topological polar surface area (TPSA) is 101 Å². The van der Waals surface area contributed by atoms with Gasteiger partial charge in [-0.2, -0.15) is 0 Å². The molecule has 1 heterocycles. The van der Waals surface area contributed by atoms with E-state index >= 15 is 0 Å². The molecule has 1 aliphatic heterocycles. The fourth-order valence-electron chi connectivity index (χ4n) is 3.53. The van der Waals surface area contributed by atoms with Crippen molar-refractivity contribution in [3.05, 3.63) is 65.2 Å². The first-order chi connectivity index (χ1) is 13.4. The van der Waals surface area contributed by atoms with Gasteiger partial charge in [0.1, 0.15) is 6.04 Å². The van der Waals surface area contributed by atoms with Crippen LogP contribution in [0.3, 0.4) is 0 Å². The average molecular weight is 453 g/mol. The summed E-state index contributed by atoms with van der Waals surface area (Å²) in [7, 11) is 0. The summed E-state index contributed by atoms with van der Waals surface area (Å²) < 4.78 is 0. The van der Waals surface area contributed by atoms with Crippen molar-refractivity contribution in [1.29, 1.82) is 0 Å². The van der Waals surface area contributed by atoms with E-state index in [-0.39, 0.29) is 42.5 Å². The lowest BCUT2D eigenvalue weighted by Crippen LogP contribution is -2.38. The van der Waals surface area contributed by atoms with E-state index in [1.165, 1.54) is 0 Å². The highest BCUT2D eigenvalue weighted by Crippen LogP contribution is 2.21. The summed E-state index contributed by atoms with van der Waals surface area (Å²) in [6, 6.07) is 14.8. The van der Waals surface area contributed by atoms with E-state index in [0.29, 0.717) is 0 Å². The number of hydrogen-bond acceptors (Lipinski definition) is 4. The Morgan fingerprint density at radius 2 is 1.73 bits per heavy atom. The number of primary amides is 1. The summed E-state index contributed by atoms with van der Waals surface area (Å²) in [5.74, 6) is -0.442. The zero-order valence-corrected chi connectivity index (χ0v) is 18.7. The molecule has 8 heteroatoms. The fraction of sp³-hybridized carbons (Fsp3) is 0.364. The largest absolute Gasteiger partial charge is 0.369 e. The molecule has 0 radical (unpaired) electrons. The van der Waals surface area contributed by atoms with Gasteiger partial charge in [-0.15, -0.1) is 24.8 Å². The Bertz CT molecular complexity index is 837. The Hall–Kier alpha value is -2.12. The SMILES string of the molecule is Cc1ccc(C(N)C(=O)Nc2cccc(CN3CCC(C(N)=O)CC3)c2)cc1.Cl.Cl. The van der Waals surface area contributed by atoms with Gasteiger partial charge in [0.15, 0.2) is 0 Å². The van der Waals surface area contributed by atoms with E-state index in [1.54, 1.807) is 0 Å². The predicted octanol–water partition coefficient (Wildman–Crippen LogP) is 3.17. The van der Waals surface area contributed by atoms with Crippen molar-refractivity contribution in [3.63, 3.8) is 0 Å². The van der Waals surface area contributed by atoms with Gasteiger partial charge < -0.3 is 16.8 Å². The van der Waals surface area contributed by atoms with Gasteiger partial charge >= 0.3 is 0 Å². The number of benzene rings is 2. The summed E-state index contributed by atoms with van der Waals surface area (Å²) in [5, 5.41) is 2.91. The molecule has 1 unspecified atom stereocenters. The van der Waals surface area contributed by atoms with Crippen molar-refractivity contribution < 1.29 is 9.59 Å². The maximum atomic E-state index is 12.5. The summed E-state index contributed by atoms with van der Waals surface area (Å²) in [6.45, 7) is 4.47. The molecular weight excluding hydrogens is 423 g/mol. The maximum Gasteiger partial charge on any atom is 0.245 e. The molecule has 0 aliphatic carbocycles. The number of halogens is 2. The van der Waals surface area contributed by atoms with Crippen molar-refractivity contribution in [1.82, 2.24) is 4.90 Å². The van der Waals surface area contributed by atoms with E-state index in [2.05, 4.69) is 10.2 Å². The van der Waals surface area contributed by atoms with Crippen LogP contribution in [0.4, 0.5) is 5.69 Å². The van der Waals surface area contributed by atoms with E-state index in [1.807, 2.05) is 55.5 Å². The summed E-state index contributed by atoms with van der Waals surface area (Å²) >= 11 is 0. The normalized spacial score (nSPS) is 15.4. The number of piperidine rings is 1. The van der Waals surface area contributed by atoms with Crippen LogP contribution in [-0.2, 0) is 16.1 Å². The minimum Gasteiger partial charge on any atom is -0.369 e. The summed E-state index contributed by atoms with van der Waals surface area (Å²) in [4.78, 5) is 26.1. The average Bonchev–Trinajstić information content (AvgIpc) is 2.68. The lowest BCUT2D eigenvalue weighted by Gasteiger charge is -2.30. The molecule has 6 nitrogen and oxygen atoms in total. The third-order valence-electron chi connectivity index (χ3n) is 5.31. The van der Waals surface area contributed by atoms with Crippen LogP contribution in [0.25, 0.3) is 0 Å². The Morgan fingerprint density at radius 3 is 2.33 bits per heavy atom. The number of amides is 2. The van der Waals surface area contributed by atoms with Crippen LogP contribution in [0.1, 0.15) is 35.6 Å². The van der Waals surface area contributed by atoms with Crippen molar-refractivity contribution in [3.8, 4) is 0 Å². The molecule has 3 rings (SSSR count). The number of nitrogens with zero attached hydrogens (tertiary/aromatic N) is 1. The number of carbonyl (C=O) groups excluding carboxylic acids is 2. The highest BCUT2D eigenvalue weighted by molar-refractivity contribution is 5.95. The minimum absolute atomic E-state index is 0. The van der Waals surface area contributed by atoms with Gasteiger partial charge in [-0.25, -0.2) is 0 Å². The zero-order chi connectivity index (χ0) is 20.1. The van der Waals surface area contributed by atoms with Gasteiger partial charge in [-0.1, -0.05) is 42.0 Å². The summed E-state index contributed by atoms with van der Waals surface area (Å²) in [6.07, 6.45) is 1.61. The molecule has 1 saturated heterocycles. The monoisotopic (exact) mass is 452 g/mol. The molecule has 2 aromatic carbocycles. The first kappa shape index (κ1) is 25.9. The van der Waals surface area contributed by atoms with Crippen LogP contribution >= 0.6 is 24.8 Å². The van der Waals surface area contributed by atoms with Gasteiger partial charge in [-0.05, 0) is 56.1 Å². The Morgan fingerprint density at radius 1 is 1.10 bits per heavy atom. The Labute approximate surface area is 190 Å². The molecule has 2 aromatic rings. The molecule has 0 spiro atoms. The van der Waals surface area contributed by atoms with Crippen LogP contribution < -0.4 is 16.8 Å². The number of anilines is 1. The fourth-order valence-corrected chi connectivity index (χ4v) is 3.53. The van der Waals surface area contributed by atoms with Crippen molar-refractivity contribution in [2.24, 2.45) is 17.4 Å².